The van der Waals surface area contributed by atoms with Crippen LogP contribution in [0.15, 0.2) is 170 Å². The average molecular weight is 641 g/mol. The van der Waals surface area contributed by atoms with E-state index in [0.29, 0.717) is 0 Å². The van der Waals surface area contributed by atoms with Crippen LogP contribution in [0.5, 0.6) is 0 Å². The fourth-order valence-electron chi connectivity index (χ4n) is 8.26. The van der Waals surface area contributed by atoms with Crippen LogP contribution in [-0.2, 0) is 0 Å². The Morgan fingerprint density at radius 2 is 1.06 bits per heavy atom. The topological polar surface area (TPSA) is 8.17 Å². The van der Waals surface area contributed by atoms with E-state index in [4.69, 9.17) is 0 Å². The fraction of sp³-hybridized carbons (Fsp3) is 0. The molecule has 3 heterocycles. The number of rotatable bonds is 3. The van der Waals surface area contributed by atoms with Crippen LogP contribution in [0.25, 0.3) is 80.7 Å². The minimum absolute atomic E-state index is 1.17. The Labute approximate surface area is 287 Å². The van der Waals surface area contributed by atoms with Crippen molar-refractivity contribution >= 4 is 81.1 Å². The minimum atomic E-state index is 1.17. The summed E-state index contributed by atoms with van der Waals surface area (Å²) in [5, 5.41) is 7.73. The molecule has 0 unspecified atom stereocenters. The van der Waals surface area contributed by atoms with Crippen molar-refractivity contribution in [3.63, 3.8) is 0 Å². The third-order valence-corrected chi connectivity index (χ3v) is 11.4. The van der Waals surface area contributed by atoms with E-state index >= 15 is 0 Å². The Morgan fingerprint density at radius 1 is 0.388 bits per heavy atom. The SMILES string of the molecule is c1ccc(N2c3cccc4c(-c5ccc6c(c5)c5ccccc5n6-c5ccccc5)ccc(c34)-c3ccc4sc5ccccc5c4c32)cc1. The average Bonchev–Trinajstić information content (AvgIpc) is 3.71. The number of aromatic nitrogens is 1. The Morgan fingerprint density at radius 3 is 1.92 bits per heavy atom. The standard InChI is InChI=1S/C46H28N2S/c1-3-12-30(13-4-1)47-39-19-9-7-16-33(39)38-28-29(22-26-40(38)47)32-23-24-35-36-25-27-43-45(37-17-8-10-21-42(37)49-43)46(36)48(31-14-5-2-6-15-31)41-20-11-18-34(32)44(35)41/h1-28H. The van der Waals surface area contributed by atoms with E-state index in [-0.39, 0.29) is 0 Å². The molecule has 1 aliphatic rings. The number of hydrogen-bond acceptors (Lipinski definition) is 2. The van der Waals surface area contributed by atoms with Gasteiger partial charge in [-0.1, -0.05) is 109 Å². The molecule has 0 bridgehead atoms. The number of nitrogens with zero attached hydrogens (tertiary/aromatic N) is 2. The predicted octanol–water partition coefficient (Wildman–Crippen LogP) is 13.4. The Bertz CT molecular complexity index is 2930. The first-order valence-corrected chi connectivity index (χ1v) is 17.6. The highest BCUT2D eigenvalue weighted by Crippen LogP contribution is 2.56. The summed E-state index contributed by atoms with van der Waals surface area (Å²) in [5.74, 6) is 0. The highest BCUT2D eigenvalue weighted by molar-refractivity contribution is 7.26. The van der Waals surface area contributed by atoms with Gasteiger partial charge in [0.15, 0.2) is 0 Å². The van der Waals surface area contributed by atoms with Crippen molar-refractivity contribution in [1.82, 2.24) is 4.57 Å². The summed E-state index contributed by atoms with van der Waals surface area (Å²) in [7, 11) is 0. The molecule has 0 N–H and O–H groups in total. The molecule has 10 aromatic rings. The number of anilines is 3. The summed E-state index contributed by atoms with van der Waals surface area (Å²) >= 11 is 1.88. The van der Waals surface area contributed by atoms with Gasteiger partial charge in [-0.25, -0.2) is 0 Å². The van der Waals surface area contributed by atoms with Gasteiger partial charge in [0.1, 0.15) is 0 Å². The zero-order chi connectivity index (χ0) is 32.1. The molecule has 0 saturated carbocycles. The van der Waals surface area contributed by atoms with Crippen molar-refractivity contribution in [2.45, 2.75) is 0 Å². The highest BCUT2D eigenvalue weighted by atomic mass is 32.1. The first-order chi connectivity index (χ1) is 24.3. The zero-order valence-electron chi connectivity index (χ0n) is 26.5. The molecule has 0 atom stereocenters. The van der Waals surface area contributed by atoms with Crippen molar-refractivity contribution in [3.8, 4) is 27.9 Å². The molecule has 0 aliphatic carbocycles. The third-order valence-electron chi connectivity index (χ3n) is 10.3. The molecule has 0 saturated heterocycles. The maximum Gasteiger partial charge on any atom is 0.0633 e. The summed E-state index contributed by atoms with van der Waals surface area (Å²) in [6.45, 7) is 0. The third kappa shape index (κ3) is 3.76. The zero-order valence-corrected chi connectivity index (χ0v) is 27.3. The smallest absolute Gasteiger partial charge is 0.0633 e. The lowest BCUT2D eigenvalue weighted by Gasteiger charge is -2.34. The Balaban J connectivity index is 1.20. The van der Waals surface area contributed by atoms with E-state index in [9.17, 15) is 0 Å². The number of hydrogen-bond donors (Lipinski definition) is 0. The van der Waals surface area contributed by atoms with E-state index in [1.165, 1.54) is 97.8 Å². The van der Waals surface area contributed by atoms with Crippen molar-refractivity contribution in [2.24, 2.45) is 0 Å². The Hall–Kier alpha value is -6.16. The number of thiophene rings is 1. The second kappa shape index (κ2) is 10.2. The van der Waals surface area contributed by atoms with Crippen LogP contribution >= 0.6 is 11.3 Å². The molecule has 0 spiro atoms. The van der Waals surface area contributed by atoms with E-state index in [0.717, 1.165) is 0 Å². The van der Waals surface area contributed by atoms with Crippen LogP contribution in [-0.4, -0.2) is 4.57 Å². The van der Waals surface area contributed by atoms with E-state index in [1.807, 2.05) is 11.3 Å². The molecule has 228 valence electrons. The molecule has 11 rings (SSSR count). The normalized spacial score (nSPS) is 12.4. The second-order valence-corrected chi connectivity index (χ2v) is 14.0. The summed E-state index contributed by atoms with van der Waals surface area (Å²) in [6.07, 6.45) is 0. The molecule has 2 nitrogen and oxygen atoms in total. The molecule has 1 aliphatic heterocycles. The summed E-state index contributed by atoms with van der Waals surface area (Å²) in [6, 6.07) is 62.4. The quantitative estimate of drug-likeness (QED) is 0.187. The van der Waals surface area contributed by atoms with Gasteiger partial charge in [0.25, 0.3) is 0 Å². The van der Waals surface area contributed by atoms with Crippen molar-refractivity contribution < 1.29 is 0 Å². The van der Waals surface area contributed by atoms with Crippen LogP contribution < -0.4 is 4.90 Å². The minimum Gasteiger partial charge on any atom is -0.309 e. The van der Waals surface area contributed by atoms with Gasteiger partial charge in [0.05, 0.1) is 22.4 Å². The largest absolute Gasteiger partial charge is 0.309 e. The molecule has 49 heavy (non-hydrogen) atoms. The van der Waals surface area contributed by atoms with Crippen LogP contribution in [0.2, 0.25) is 0 Å². The van der Waals surface area contributed by atoms with Gasteiger partial charge in [0.2, 0.25) is 0 Å². The number of fused-ring (bicyclic) bond motifs is 9. The van der Waals surface area contributed by atoms with Crippen molar-refractivity contribution in [2.75, 3.05) is 4.90 Å². The van der Waals surface area contributed by atoms with Gasteiger partial charge in [0, 0.05) is 53.3 Å². The number of benzene rings is 8. The summed E-state index contributed by atoms with van der Waals surface area (Å²) in [4.78, 5) is 2.51. The first-order valence-electron chi connectivity index (χ1n) is 16.8. The van der Waals surface area contributed by atoms with Gasteiger partial charge in [-0.2, -0.15) is 0 Å². The molecule has 2 aromatic heterocycles. The number of para-hydroxylation sites is 3. The van der Waals surface area contributed by atoms with Gasteiger partial charge < -0.3 is 9.47 Å². The summed E-state index contributed by atoms with van der Waals surface area (Å²) in [5.41, 5.74) is 12.3. The van der Waals surface area contributed by atoms with E-state index in [2.05, 4.69) is 179 Å². The lowest BCUT2D eigenvalue weighted by Crippen LogP contribution is -2.15. The first kappa shape index (κ1) is 26.9. The molecule has 0 amide bonds. The molecule has 3 heteroatoms. The van der Waals surface area contributed by atoms with Crippen molar-refractivity contribution in [3.05, 3.63) is 170 Å². The summed E-state index contributed by atoms with van der Waals surface area (Å²) < 4.78 is 5.02. The monoisotopic (exact) mass is 640 g/mol. The second-order valence-electron chi connectivity index (χ2n) is 12.9. The maximum absolute atomic E-state index is 2.51. The van der Waals surface area contributed by atoms with Gasteiger partial charge >= 0.3 is 0 Å². The van der Waals surface area contributed by atoms with Crippen LogP contribution in [0.3, 0.4) is 0 Å². The molecular weight excluding hydrogens is 613 g/mol. The van der Waals surface area contributed by atoms with Crippen LogP contribution in [0.4, 0.5) is 17.1 Å². The van der Waals surface area contributed by atoms with Gasteiger partial charge in [-0.05, 0) is 82.7 Å². The maximum atomic E-state index is 2.51. The lowest BCUT2D eigenvalue weighted by atomic mass is 9.86. The van der Waals surface area contributed by atoms with Crippen LogP contribution in [0, 0.1) is 0 Å². The van der Waals surface area contributed by atoms with E-state index < -0.39 is 0 Å². The predicted molar refractivity (Wildman–Crippen MR) is 210 cm³/mol. The van der Waals surface area contributed by atoms with Crippen LogP contribution in [0.1, 0.15) is 0 Å². The van der Waals surface area contributed by atoms with E-state index in [1.54, 1.807) is 0 Å². The fourth-order valence-corrected chi connectivity index (χ4v) is 9.37. The molecule has 0 fully saturated rings. The van der Waals surface area contributed by atoms with Gasteiger partial charge in [-0.3, -0.25) is 0 Å². The van der Waals surface area contributed by atoms with Gasteiger partial charge in [-0.15, -0.1) is 11.3 Å². The molecule has 8 aromatic carbocycles. The molecule has 0 radical (unpaired) electrons. The lowest BCUT2D eigenvalue weighted by molar-refractivity contribution is 1.18. The Kier molecular flexibility index (Phi) is 5.57. The molecular formula is C46H28N2S. The van der Waals surface area contributed by atoms with Crippen molar-refractivity contribution in [1.29, 1.82) is 0 Å². The highest BCUT2D eigenvalue weighted by Gasteiger charge is 2.30.